The maximum absolute atomic E-state index is 14.9. The average Bonchev–Trinajstić information content (AvgIpc) is 0.750. The number of hydrogen-bond acceptors (Lipinski definition) is 24. The Hall–Kier alpha value is -2.53. The van der Waals surface area contributed by atoms with E-state index in [1.165, 1.54) is 199 Å². The second-order valence-electron chi connectivity index (χ2n) is 33.5. The summed E-state index contributed by atoms with van der Waals surface area (Å²) in [6.07, 6.45) is 25.2. The summed E-state index contributed by atoms with van der Waals surface area (Å²) in [5.41, 5.74) is 0. The first-order valence-electron chi connectivity index (χ1n) is 46.8. The van der Waals surface area contributed by atoms with Crippen LogP contribution < -0.4 is 0 Å². The Balaban J connectivity index is 1.92. The molecule has 0 spiro atoms. The van der Waals surface area contributed by atoms with Crippen molar-refractivity contribution < 1.29 is 122 Å². The van der Waals surface area contributed by atoms with E-state index in [9.17, 15) is 74.6 Å². The molecule has 1 saturated carbocycles. The lowest BCUT2D eigenvalue weighted by molar-refractivity contribution is -0.360. The lowest BCUT2D eigenvalue weighted by Gasteiger charge is -2.50. The number of phosphoric acid groups is 1. The third-order valence-corrected chi connectivity index (χ3v) is 24.1. The van der Waals surface area contributed by atoms with Gasteiger partial charge in [0.1, 0.15) is 92.6 Å². The quantitative estimate of drug-likeness (QED) is 0.0117. The third-order valence-electron chi connectivity index (χ3n) is 23.1. The van der Waals surface area contributed by atoms with E-state index in [4.69, 9.17) is 46.9 Å². The largest absolute Gasteiger partial charge is 0.472 e. The van der Waals surface area contributed by atoms with Crippen molar-refractivity contribution in [1.29, 1.82) is 0 Å². The molecule has 2 aliphatic heterocycles. The van der Waals surface area contributed by atoms with Crippen LogP contribution in [-0.2, 0) is 70.7 Å². The lowest BCUT2D eigenvalue weighted by atomic mass is 9.84. The molecule has 1 aliphatic carbocycles. The highest BCUT2D eigenvalue weighted by atomic mass is 31.2. The van der Waals surface area contributed by atoms with Gasteiger partial charge in [-0.3, -0.25) is 28.2 Å². The van der Waals surface area contributed by atoms with Gasteiger partial charge in [-0.1, -0.05) is 362 Å². The molecule has 3 aliphatic rings. The molecule has 25 nitrogen and oxygen atoms in total. The molecule has 0 bridgehead atoms. The van der Waals surface area contributed by atoms with Crippen LogP contribution in [0.25, 0.3) is 0 Å². The number of rotatable bonds is 76. The minimum atomic E-state index is -5.80. The summed E-state index contributed by atoms with van der Waals surface area (Å²) in [7, 11) is -5.80. The highest BCUT2D eigenvalue weighted by Crippen LogP contribution is 2.49. The van der Waals surface area contributed by atoms with Crippen molar-refractivity contribution in [3.63, 3.8) is 0 Å². The summed E-state index contributed by atoms with van der Waals surface area (Å²) in [6.45, 7) is 5.62. The predicted octanol–water partition coefficient (Wildman–Crippen LogP) is 17.0. The van der Waals surface area contributed by atoms with E-state index >= 15 is 0 Å². The predicted molar refractivity (Wildman–Crippen MR) is 444 cm³/mol. The molecular formula is C89H167O25P. The van der Waals surface area contributed by atoms with Crippen molar-refractivity contribution in [2.45, 2.75) is 517 Å². The van der Waals surface area contributed by atoms with Gasteiger partial charge in [-0.2, -0.15) is 0 Å². The Bertz CT molecular complexity index is 2400. The standard InChI is InChI=1S/C89H167O25P/c1-5-9-13-17-21-25-29-33-35-39-43-47-51-55-59-63-74(93)108-69(66-105-72(91)61-57-53-49-45-41-37-31-27-23-19-15-11-7-3)67-107-115(103,104)114-87-85(112-88-82(101)78(97)76(95)70(65-90)109-88)81(100)80(99)84(111-75(94)64-60-56-52-48-44-40-36-34-30-26-22-18-14-10-6-2)86(87)113-89-83(102)79(98)77(96)71(110-89)68-106-73(92)62-58-54-50-46-42-38-32-28-24-20-16-12-8-4/h69-71,76-90,95-102H,5-68H2,1-4H3,(H,103,104). The van der Waals surface area contributed by atoms with Crippen LogP contribution in [0.2, 0.25) is 0 Å². The zero-order chi connectivity index (χ0) is 84.0. The number of ether oxygens (including phenoxy) is 8. The van der Waals surface area contributed by atoms with Gasteiger partial charge >= 0.3 is 31.7 Å². The van der Waals surface area contributed by atoms with Gasteiger partial charge in [0.25, 0.3) is 0 Å². The molecule has 2 saturated heterocycles. The van der Waals surface area contributed by atoms with E-state index in [1.54, 1.807) is 0 Å². The van der Waals surface area contributed by atoms with Gasteiger partial charge in [-0.05, 0) is 25.7 Å². The van der Waals surface area contributed by atoms with Gasteiger partial charge in [0.15, 0.2) is 24.8 Å². The van der Waals surface area contributed by atoms with E-state index < -0.39 is 162 Å². The van der Waals surface area contributed by atoms with Gasteiger partial charge in [-0.15, -0.1) is 0 Å². The highest BCUT2D eigenvalue weighted by Gasteiger charge is 2.60. The normalized spacial score (nSPS) is 25.2. The Morgan fingerprint density at radius 3 is 0.948 bits per heavy atom. The Kier molecular flexibility index (Phi) is 63.9. The summed E-state index contributed by atoms with van der Waals surface area (Å²) in [6, 6.07) is 0. The molecule has 0 aromatic rings. The summed E-state index contributed by atoms with van der Waals surface area (Å²) < 4.78 is 73.4. The number of aliphatic hydroxyl groups is 9. The fourth-order valence-electron chi connectivity index (χ4n) is 15.7. The Morgan fingerprint density at radius 1 is 0.313 bits per heavy atom. The summed E-state index contributed by atoms with van der Waals surface area (Å²) in [5, 5.41) is 102. The zero-order valence-electron chi connectivity index (χ0n) is 72.1. The monoisotopic (exact) mass is 1670 g/mol. The molecule has 115 heavy (non-hydrogen) atoms. The second-order valence-corrected chi connectivity index (χ2v) is 35.0. The first-order chi connectivity index (χ1) is 55.7. The number of carbonyl (C=O) groups is 4. The van der Waals surface area contributed by atoms with E-state index in [1.807, 2.05) is 0 Å². The van der Waals surface area contributed by atoms with E-state index in [2.05, 4.69) is 27.7 Å². The third kappa shape index (κ3) is 49.4. The van der Waals surface area contributed by atoms with E-state index in [0.717, 1.165) is 128 Å². The molecule has 18 unspecified atom stereocenters. The van der Waals surface area contributed by atoms with Gasteiger partial charge < -0.3 is 88.7 Å². The number of unbranched alkanes of at least 4 members (excludes halogenated alkanes) is 52. The molecule has 10 N–H and O–H groups in total. The molecule has 3 fully saturated rings. The number of aliphatic hydroxyl groups excluding tert-OH is 9. The molecule has 26 heteroatoms. The van der Waals surface area contributed by atoms with Crippen LogP contribution in [0, 0.1) is 0 Å². The van der Waals surface area contributed by atoms with Crippen LogP contribution in [0.4, 0.5) is 0 Å². The van der Waals surface area contributed by atoms with Gasteiger partial charge in [0, 0.05) is 25.7 Å². The molecule has 0 aromatic carbocycles. The molecule has 2 heterocycles. The van der Waals surface area contributed by atoms with Crippen LogP contribution in [-0.4, -0.2) is 205 Å². The van der Waals surface area contributed by atoms with E-state index in [0.29, 0.717) is 32.1 Å². The Morgan fingerprint density at radius 2 is 0.600 bits per heavy atom. The second kappa shape index (κ2) is 68.9. The topological polar surface area (TPSA) is 380 Å². The number of phosphoric ester groups is 1. The molecule has 3 rings (SSSR count). The van der Waals surface area contributed by atoms with Crippen LogP contribution in [0.15, 0.2) is 0 Å². The van der Waals surface area contributed by atoms with Gasteiger partial charge in [-0.25, -0.2) is 4.57 Å². The van der Waals surface area contributed by atoms with Crippen molar-refractivity contribution >= 4 is 31.7 Å². The number of esters is 4. The first kappa shape index (κ1) is 107. The fraction of sp³-hybridized carbons (Fsp3) is 0.955. The van der Waals surface area contributed by atoms with Crippen LogP contribution in [0.5, 0.6) is 0 Å². The average molecular weight is 1670 g/mol. The number of carbonyl (C=O) groups excluding carboxylic acids is 4. The molecule has 0 radical (unpaired) electrons. The summed E-state index contributed by atoms with van der Waals surface area (Å²) >= 11 is 0. The smallest absolute Gasteiger partial charge is 0.463 e. The number of hydrogen-bond donors (Lipinski definition) is 10. The van der Waals surface area contributed by atoms with Crippen molar-refractivity contribution in [2.24, 2.45) is 0 Å². The summed E-state index contributed by atoms with van der Waals surface area (Å²) in [4.78, 5) is 66.4. The minimum Gasteiger partial charge on any atom is -0.463 e. The first-order valence-corrected chi connectivity index (χ1v) is 48.3. The molecule has 678 valence electrons. The maximum Gasteiger partial charge on any atom is 0.472 e. The minimum absolute atomic E-state index is 0.0198. The Labute approximate surface area is 693 Å². The molecule has 0 amide bonds. The van der Waals surface area contributed by atoms with Crippen molar-refractivity contribution in [2.75, 3.05) is 26.4 Å². The van der Waals surface area contributed by atoms with Gasteiger partial charge in [0.05, 0.1) is 13.2 Å². The lowest BCUT2D eigenvalue weighted by Crippen LogP contribution is -2.70. The van der Waals surface area contributed by atoms with Crippen LogP contribution in [0.3, 0.4) is 0 Å². The molecule has 18 atom stereocenters. The van der Waals surface area contributed by atoms with Crippen LogP contribution >= 0.6 is 7.82 Å². The van der Waals surface area contributed by atoms with Gasteiger partial charge in [0.2, 0.25) is 0 Å². The van der Waals surface area contributed by atoms with Crippen molar-refractivity contribution in [1.82, 2.24) is 0 Å². The fourth-order valence-corrected chi connectivity index (χ4v) is 16.6. The highest BCUT2D eigenvalue weighted by molar-refractivity contribution is 7.47. The maximum atomic E-state index is 14.9. The SMILES string of the molecule is CCCCCCCCCCCCCCCCCC(=O)OC(COC(=O)CCCCCCCCCCCCCCC)COP(=O)(O)OC1C(OC2OC(CO)C(O)C(O)C2O)C(O)C(O)C(OC(=O)CCCCCCCCCCCCCCCCC)C1OC1OC(COC(=O)CCCCCCCCCCCCCCC)C(O)C(O)C1O. The van der Waals surface area contributed by atoms with Crippen molar-refractivity contribution in [3.8, 4) is 0 Å². The summed E-state index contributed by atoms with van der Waals surface area (Å²) in [5.74, 6) is -2.94. The molecule has 0 aromatic heterocycles. The van der Waals surface area contributed by atoms with E-state index in [-0.39, 0.29) is 25.7 Å². The zero-order valence-corrected chi connectivity index (χ0v) is 73.0. The van der Waals surface area contributed by atoms with Crippen LogP contribution in [0.1, 0.15) is 413 Å². The van der Waals surface area contributed by atoms with Crippen molar-refractivity contribution in [3.05, 3.63) is 0 Å². The molecular weight excluding hydrogens is 1500 g/mol.